The van der Waals surface area contributed by atoms with Crippen LogP contribution in [0.15, 0.2) is 18.2 Å². The van der Waals surface area contributed by atoms with Crippen LogP contribution in [0.2, 0.25) is 0 Å². The van der Waals surface area contributed by atoms with Crippen molar-refractivity contribution in [1.29, 1.82) is 0 Å². The largest absolute Gasteiger partial charge is 0.280 e. The molecular weight excluding hydrogens is 167 g/mol. The maximum atomic E-state index is 12.5. The van der Waals surface area contributed by atoms with Gasteiger partial charge in [-0.05, 0) is 34.9 Å². The van der Waals surface area contributed by atoms with Crippen molar-refractivity contribution in [3.8, 4) is 0 Å². The van der Waals surface area contributed by atoms with Crippen molar-refractivity contribution in [3.63, 3.8) is 0 Å². The van der Waals surface area contributed by atoms with Gasteiger partial charge < -0.3 is 0 Å². The highest BCUT2D eigenvalue weighted by Gasteiger charge is 2.37. The summed E-state index contributed by atoms with van der Waals surface area (Å²) in [5.41, 5.74) is 1.58. The van der Waals surface area contributed by atoms with Crippen molar-refractivity contribution in [3.05, 3.63) is 35.1 Å². The van der Waals surface area contributed by atoms with E-state index >= 15 is 0 Å². The van der Waals surface area contributed by atoms with E-state index in [1.807, 2.05) is 0 Å². The molecule has 2 rings (SSSR count). The summed E-state index contributed by atoms with van der Waals surface area (Å²) in [6, 6.07) is 4.27. The Bertz CT molecular complexity index is 335. The summed E-state index contributed by atoms with van der Waals surface area (Å²) in [4.78, 5) is 10.6. The monoisotopic (exact) mass is 170 g/mol. The number of hydrogen-bond donors (Lipinski definition) is 0. The van der Waals surface area contributed by atoms with E-state index in [2.05, 4.69) is 0 Å². The Kier molecular flexibility index (Phi) is 1.26. The molecule has 0 heterocycles. The second-order valence-electron chi connectivity index (χ2n) is 2.51. The molecule has 1 aromatic carbocycles. The Balaban J connectivity index is 2.38. The topological polar surface area (TPSA) is 17.1 Å². The molecule has 0 N–H and O–H groups in total. The molecule has 0 spiro atoms. The van der Waals surface area contributed by atoms with Gasteiger partial charge in [0.25, 0.3) is 0 Å². The second-order valence-corrected chi connectivity index (χ2v) is 2.88. The Labute approximate surface area is 67.8 Å². The summed E-state index contributed by atoms with van der Waals surface area (Å²) in [5, 5.41) is -0.425. The third-order valence-electron chi connectivity index (χ3n) is 1.81. The summed E-state index contributed by atoms with van der Waals surface area (Å²) >= 11 is 5.23. The first-order valence-corrected chi connectivity index (χ1v) is 3.56. The van der Waals surface area contributed by atoms with E-state index in [9.17, 15) is 9.18 Å². The lowest BCUT2D eigenvalue weighted by atomic mass is 10.4. The van der Waals surface area contributed by atoms with E-state index in [1.54, 1.807) is 6.07 Å². The molecule has 0 fully saturated rings. The molecule has 1 aliphatic rings. The van der Waals surface area contributed by atoms with E-state index in [0.717, 1.165) is 11.1 Å². The minimum atomic E-state index is -0.425. The fraction of sp³-hybridized carbons (Fsp3) is 0.125. The average molecular weight is 171 g/mol. The van der Waals surface area contributed by atoms with Crippen LogP contribution < -0.4 is 0 Å². The first-order chi connectivity index (χ1) is 5.20. The third kappa shape index (κ3) is 0.942. The third-order valence-corrected chi connectivity index (χ3v) is 2.03. The van der Waals surface area contributed by atoms with Crippen LogP contribution in [0.1, 0.15) is 17.0 Å². The van der Waals surface area contributed by atoms with Crippen molar-refractivity contribution < 1.29 is 9.18 Å². The van der Waals surface area contributed by atoms with Gasteiger partial charge in [-0.15, -0.1) is 0 Å². The lowest BCUT2D eigenvalue weighted by molar-refractivity contribution is -0.111. The number of rotatable bonds is 1. The van der Waals surface area contributed by atoms with Gasteiger partial charge in [-0.25, -0.2) is 4.39 Å². The minimum Gasteiger partial charge on any atom is -0.280 e. The van der Waals surface area contributed by atoms with Crippen molar-refractivity contribution in [1.82, 2.24) is 0 Å². The molecule has 1 aliphatic carbocycles. The lowest BCUT2D eigenvalue weighted by Crippen LogP contribution is -1.85. The first-order valence-electron chi connectivity index (χ1n) is 3.19. The van der Waals surface area contributed by atoms with Crippen LogP contribution in [-0.2, 0) is 4.79 Å². The van der Waals surface area contributed by atoms with Gasteiger partial charge in [0.15, 0.2) is 0 Å². The van der Waals surface area contributed by atoms with Gasteiger partial charge >= 0.3 is 0 Å². The summed E-state index contributed by atoms with van der Waals surface area (Å²) < 4.78 is 12.5. The second kappa shape index (κ2) is 2.05. The summed E-state index contributed by atoms with van der Waals surface area (Å²) in [5.74, 6) is -0.648. The predicted octanol–water partition coefficient (Wildman–Crippen LogP) is 2.04. The van der Waals surface area contributed by atoms with E-state index < -0.39 is 5.24 Å². The van der Waals surface area contributed by atoms with Crippen molar-refractivity contribution in [2.24, 2.45) is 0 Å². The zero-order valence-corrected chi connectivity index (χ0v) is 6.23. The standard InChI is InChI=1S/C8H4ClFO/c9-8(11)7-5-2-1-4(10)3-6(5)7/h1-3,7H. The zero-order valence-electron chi connectivity index (χ0n) is 5.47. The molecule has 0 bridgehead atoms. The van der Waals surface area contributed by atoms with E-state index in [4.69, 9.17) is 11.6 Å². The number of carbonyl (C=O) groups excluding carboxylic acids is 1. The van der Waals surface area contributed by atoms with E-state index in [1.165, 1.54) is 12.1 Å². The SMILES string of the molecule is O=C(Cl)C1c2ccc(F)cc21. The maximum Gasteiger partial charge on any atom is 0.233 e. The quantitative estimate of drug-likeness (QED) is 0.590. The number of fused-ring (bicyclic) bond motifs is 1. The Morgan fingerprint density at radius 3 is 2.73 bits per heavy atom. The highest BCUT2D eigenvalue weighted by Crippen LogP contribution is 2.44. The van der Waals surface area contributed by atoms with E-state index in [0.29, 0.717) is 0 Å². The van der Waals surface area contributed by atoms with Crippen LogP contribution in [-0.4, -0.2) is 5.24 Å². The van der Waals surface area contributed by atoms with E-state index in [-0.39, 0.29) is 11.7 Å². The van der Waals surface area contributed by atoms with Crippen LogP contribution in [0, 0.1) is 5.82 Å². The highest BCUT2D eigenvalue weighted by atomic mass is 35.5. The highest BCUT2D eigenvalue weighted by molar-refractivity contribution is 6.65. The predicted molar refractivity (Wildman–Crippen MR) is 39.1 cm³/mol. The molecule has 0 amide bonds. The molecule has 3 heteroatoms. The van der Waals surface area contributed by atoms with Crippen LogP contribution >= 0.6 is 11.6 Å². The van der Waals surface area contributed by atoms with Crippen molar-refractivity contribution in [2.75, 3.05) is 0 Å². The van der Waals surface area contributed by atoms with Crippen LogP contribution in [0.4, 0.5) is 4.39 Å². The lowest BCUT2D eigenvalue weighted by Gasteiger charge is -1.78. The number of hydrogen-bond acceptors (Lipinski definition) is 1. The van der Waals surface area contributed by atoms with Crippen molar-refractivity contribution >= 4 is 16.8 Å². The average Bonchev–Trinajstić information content (AvgIpc) is 2.60. The molecule has 1 atom stereocenters. The van der Waals surface area contributed by atoms with Gasteiger partial charge in [-0.2, -0.15) is 0 Å². The van der Waals surface area contributed by atoms with Gasteiger partial charge in [-0.3, -0.25) is 4.79 Å². The Morgan fingerprint density at radius 1 is 1.45 bits per heavy atom. The van der Waals surface area contributed by atoms with Gasteiger partial charge in [0, 0.05) is 0 Å². The van der Waals surface area contributed by atoms with Gasteiger partial charge in [0.2, 0.25) is 5.24 Å². The maximum absolute atomic E-state index is 12.5. The summed E-state index contributed by atoms with van der Waals surface area (Å²) in [6.07, 6.45) is 0. The molecule has 1 nitrogen and oxygen atoms in total. The summed E-state index contributed by atoms with van der Waals surface area (Å²) in [6.45, 7) is 0. The molecule has 1 aromatic rings. The Hall–Kier alpha value is -0.890. The smallest absolute Gasteiger partial charge is 0.233 e. The molecule has 0 radical (unpaired) electrons. The Morgan fingerprint density at radius 2 is 2.18 bits per heavy atom. The normalized spacial score (nSPS) is 19.3. The molecule has 0 saturated carbocycles. The molecule has 0 aliphatic heterocycles. The van der Waals surface area contributed by atoms with Crippen LogP contribution in [0.3, 0.4) is 0 Å². The zero-order chi connectivity index (χ0) is 8.01. The number of carbonyl (C=O) groups is 1. The van der Waals surface area contributed by atoms with Crippen LogP contribution in [0.5, 0.6) is 0 Å². The molecule has 0 saturated heterocycles. The summed E-state index contributed by atoms with van der Waals surface area (Å²) in [7, 11) is 0. The molecule has 1 unspecified atom stereocenters. The first kappa shape index (κ1) is 6.80. The van der Waals surface area contributed by atoms with Crippen LogP contribution in [0.25, 0.3) is 0 Å². The molecule has 0 aromatic heterocycles. The number of benzene rings is 1. The van der Waals surface area contributed by atoms with Gasteiger partial charge in [0.05, 0.1) is 5.92 Å². The molecular formula is C8H4ClFO. The fourth-order valence-corrected chi connectivity index (χ4v) is 1.46. The van der Waals surface area contributed by atoms with Crippen molar-refractivity contribution in [2.45, 2.75) is 5.92 Å². The van der Waals surface area contributed by atoms with Gasteiger partial charge in [-0.1, -0.05) is 6.07 Å². The number of halogens is 2. The fourth-order valence-electron chi connectivity index (χ4n) is 1.23. The molecule has 11 heavy (non-hydrogen) atoms. The minimum absolute atomic E-state index is 0.316. The molecule has 56 valence electrons. The van der Waals surface area contributed by atoms with Gasteiger partial charge in [0.1, 0.15) is 5.82 Å².